The second-order valence-electron chi connectivity index (χ2n) is 30.3. The van der Waals surface area contributed by atoms with E-state index in [2.05, 4.69) is 467 Å². The van der Waals surface area contributed by atoms with Gasteiger partial charge in [0.25, 0.3) is 11.5 Å². The van der Waals surface area contributed by atoms with Crippen molar-refractivity contribution in [2.45, 2.75) is 277 Å². The van der Waals surface area contributed by atoms with Gasteiger partial charge < -0.3 is 9.80 Å². The Labute approximate surface area is 899 Å². The van der Waals surface area contributed by atoms with Crippen molar-refractivity contribution in [3.8, 4) is 34.3 Å². The first-order valence-corrected chi connectivity index (χ1v) is 56.2. The minimum Gasteiger partial charge on any atom is -0.361 e. The zero-order valence-electron chi connectivity index (χ0n) is 101. The molecule has 798 valence electrons. The Kier molecular flexibility index (Phi) is 67.1. The van der Waals surface area contributed by atoms with E-state index < -0.39 is 0 Å². The predicted octanol–water partition coefficient (Wildman–Crippen LogP) is 37.2. The molecule has 0 bridgehead atoms. The predicted molar refractivity (Wildman–Crippen MR) is 662 cm³/mol. The normalized spacial score (nSPS) is 9.98. The highest BCUT2D eigenvalue weighted by Crippen LogP contribution is 2.48. The van der Waals surface area contributed by atoms with Crippen LogP contribution in [0.1, 0.15) is 274 Å². The molecule has 0 N–H and O–H groups in total. The minimum absolute atomic E-state index is 0.932. The summed E-state index contributed by atoms with van der Waals surface area (Å²) in [7, 11) is 14.6. The molecule has 0 saturated carbocycles. The van der Waals surface area contributed by atoms with Crippen LogP contribution in [0.4, 0.5) is 5.69 Å². The van der Waals surface area contributed by atoms with Gasteiger partial charge in [0.05, 0.1) is 82.6 Å². The van der Waals surface area contributed by atoms with Gasteiger partial charge in [-0.15, -0.1) is 18.6 Å². The number of nitrogens with zero attached hydrogens (tertiary/aromatic N) is 13. The Morgan fingerprint density at radius 2 is 0.601 bits per heavy atom. The molecule has 11 heterocycles. The number of imidazole rings is 1. The van der Waals surface area contributed by atoms with E-state index in [-0.39, 0.29) is 0 Å². The van der Waals surface area contributed by atoms with Gasteiger partial charge >= 0.3 is 5.95 Å². The number of para-hydroxylation sites is 9. The fraction of sp³-hybridized carbons (Fsp3) is 0.356. The van der Waals surface area contributed by atoms with E-state index in [9.17, 15) is 0 Å². The van der Waals surface area contributed by atoms with Crippen LogP contribution in [0.2, 0.25) is 0 Å². The smallest absolute Gasteiger partial charge is 0.361 e. The van der Waals surface area contributed by atoms with E-state index in [0.717, 1.165) is 12.6 Å². The standard InChI is InChI=1S/2C19H17N2.C18H18N3.C17H16N2.C17H15N2.C11H13N2.17C2H6/c1-14-8-3-5-11-17(14)21-18-12-6-4-9-15(18)16-10-7-13-20(2)19(16)21;1-14-8-7-10-16-15-9-3-4-11-17(15)21(19(14)16)18-12-5-6-13-20(18)2;1-13-7-6-9-15-14-8-4-5-10-16(14)21(17(13)15)18-19(2)11-12-20(18)3;1-12-6-5-9-15-13-7-3-4-8-14(13)16-10-18(2)11-19(16)17(12)15;1-12-6-5-9-15-13-7-3-4-8-14(13)16-10-11-18(2)19(16)17(12)15;1-10-6-3-4-7-11(10)13-9-5-8-12(13)2;17*1-2/h2*3-13H,1-2H3;4-12H,1-3H3;3-10H,11H2,1-2H3;3-11H,1-2H3;3-9H,1-2H3;17*1-2H3/q3*+1;;2*+1;;;;;;;;;;;;;;;;;. The molecule has 148 heavy (non-hydrogen) atoms. The highest BCUT2D eigenvalue weighted by molar-refractivity contribution is 6.14. The summed E-state index contributed by atoms with van der Waals surface area (Å²) in [5.74, 6) is 2.34. The molecule has 0 unspecified atom stereocenters. The molecule has 11 aromatic carbocycles. The third-order valence-electron chi connectivity index (χ3n) is 22.7. The number of aromatic nitrogens is 11. The van der Waals surface area contributed by atoms with Crippen molar-refractivity contribution in [3.63, 3.8) is 0 Å². The highest BCUT2D eigenvalue weighted by atomic mass is 15.4. The van der Waals surface area contributed by atoms with Gasteiger partial charge in [0, 0.05) is 80.3 Å². The molecule has 0 saturated heterocycles. The van der Waals surface area contributed by atoms with Crippen molar-refractivity contribution in [2.24, 2.45) is 42.3 Å². The van der Waals surface area contributed by atoms with Crippen molar-refractivity contribution in [1.29, 1.82) is 0 Å². The second kappa shape index (κ2) is 74.0. The van der Waals surface area contributed by atoms with Gasteiger partial charge in [-0.2, -0.15) is 13.7 Å². The Bertz CT molecular complexity index is 6930. The van der Waals surface area contributed by atoms with Crippen LogP contribution in [-0.4, -0.2) is 46.1 Å². The number of pyridine rings is 3. The molecule has 2 aliphatic heterocycles. The van der Waals surface area contributed by atoms with Crippen LogP contribution in [-0.2, 0) is 42.3 Å². The molecular weight excluding hydrogens is 1800 g/mol. The van der Waals surface area contributed by atoms with Gasteiger partial charge in [0.15, 0.2) is 26.5 Å². The van der Waals surface area contributed by atoms with E-state index in [0.29, 0.717) is 0 Å². The third kappa shape index (κ3) is 31.6. The number of hydrogen-bond acceptors (Lipinski definition) is 2. The lowest BCUT2D eigenvalue weighted by Gasteiger charge is -2.32. The highest BCUT2D eigenvalue weighted by Gasteiger charge is 2.32. The summed E-state index contributed by atoms with van der Waals surface area (Å²) in [4.78, 5) is 4.67. The maximum absolute atomic E-state index is 2.42. The maximum Gasteiger partial charge on any atom is 0.369 e. The molecule has 0 atom stereocenters. The fourth-order valence-corrected chi connectivity index (χ4v) is 17.4. The lowest BCUT2D eigenvalue weighted by molar-refractivity contribution is -0.744. The van der Waals surface area contributed by atoms with Crippen molar-refractivity contribution in [1.82, 2.24) is 32.4 Å². The van der Waals surface area contributed by atoms with Crippen LogP contribution in [0.25, 0.3) is 133 Å². The largest absolute Gasteiger partial charge is 0.369 e. The summed E-state index contributed by atoms with van der Waals surface area (Å²) in [6.07, 6.45) is 16.8. The van der Waals surface area contributed by atoms with E-state index in [1.807, 2.05) is 255 Å². The first kappa shape index (κ1) is 134. The number of aryl methyl sites for hydroxylation is 12. The summed E-state index contributed by atoms with van der Waals surface area (Å²) in [6.45, 7) is 82.0. The molecule has 20 aromatic rings. The summed E-state index contributed by atoms with van der Waals surface area (Å²) in [6, 6.07) is 101. The van der Waals surface area contributed by atoms with Gasteiger partial charge in [-0.1, -0.05) is 436 Å². The molecule has 2 aliphatic rings. The van der Waals surface area contributed by atoms with Crippen LogP contribution in [0.15, 0.2) is 335 Å². The SMILES string of the molecule is CC.CC.CC.CC.CC.CC.CC.CC.CC.CC.CC.CC.CC.CC.CC.CC.CC.Cc1cccc2c1N1CN(C)C=C1c1ccccc1-2.Cc1cccc2c3ccccc3c3cc[n+](C)n3c12.Cc1cccc2c3ccccc3n(-c3cccc[n+]3C)c12.Cc1cccc2c3ccccc3n(-c3n(C)cc[n+]3C)c12.Cc1ccccc1-n1c2ccccc2c2ccc[n+](C)c21.Cc1ccccc1-n1ccc[n+]1C. The van der Waals surface area contributed by atoms with E-state index >= 15 is 0 Å². The molecule has 0 aliphatic carbocycles. The first-order chi connectivity index (χ1) is 72.5. The third-order valence-corrected chi connectivity index (χ3v) is 22.7. The Balaban J connectivity index is 0.00000166. The Morgan fingerprint density at radius 1 is 0.236 bits per heavy atom. The molecule has 9 aromatic heterocycles. The van der Waals surface area contributed by atoms with Gasteiger partial charge in [0.2, 0.25) is 0 Å². The fourth-order valence-electron chi connectivity index (χ4n) is 17.4. The number of rotatable bonds is 4. The van der Waals surface area contributed by atoms with Crippen LogP contribution >= 0.6 is 0 Å². The van der Waals surface area contributed by atoms with Gasteiger partial charge in [-0.05, 0) is 153 Å². The van der Waals surface area contributed by atoms with E-state index in [1.54, 1.807) is 0 Å². The number of fused-ring (bicyclic) bond motifs is 21. The molecule has 13 nitrogen and oxygen atoms in total. The van der Waals surface area contributed by atoms with Crippen LogP contribution in [0.5, 0.6) is 0 Å². The molecule has 0 amide bonds. The van der Waals surface area contributed by atoms with Crippen LogP contribution in [0, 0.1) is 41.5 Å². The van der Waals surface area contributed by atoms with Gasteiger partial charge in [-0.3, -0.25) is 0 Å². The average Bonchev–Trinajstić information content (AvgIpc) is 1.33. The quantitative estimate of drug-likeness (QED) is 0.130. The van der Waals surface area contributed by atoms with Gasteiger partial charge in [-0.25, -0.2) is 18.3 Å². The minimum atomic E-state index is 0.932. The van der Waals surface area contributed by atoms with Crippen LogP contribution in [0.3, 0.4) is 0 Å². The molecule has 0 radical (unpaired) electrons. The molecule has 22 rings (SSSR count). The van der Waals surface area contributed by atoms with Crippen molar-refractivity contribution < 1.29 is 23.1 Å². The van der Waals surface area contributed by atoms with E-state index in [4.69, 9.17) is 0 Å². The average molecular weight is 2000 g/mol. The molecular formula is C135H198N13+5. The first-order valence-electron chi connectivity index (χ1n) is 56.2. The zero-order valence-corrected chi connectivity index (χ0v) is 101. The number of anilines is 1. The van der Waals surface area contributed by atoms with Crippen molar-refractivity contribution in [3.05, 3.63) is 374 Å². The second-order valence-corrected chi connectivity index (χ2v) is 30.3. The lowest BCUT2D eigenvalue weighted by atomic mass is 9.90. The van der Waals surface area contributed by atoms with Crippen molar-refractivity contribution in [2.75, 3.05) is 18.6 Å². The topological polar surface area (TPSA) is 54.9 Å². The maximum atomic E-state index is 2.42. The molecule has 0 fully saturated rings. The monoisotopic (exact) mass is 2000 g/mol. The Hall–Kier alpha value is -13.9. The lowest BCUT2D eigenvalue weighted by Crippen LogP contribution is -2.36. The Morgan fingerprint density at radius 3 is 1.07 bits per heavy atom. The van der Waals surface area contributed by atoms with Crippen molar-refractivity contribution >= 4 is 104 Å². The van der Waals surface area contributed by atoms with E-state index in [1.165, 1.54) is 171 Å². The summed E-state index contributed by atoms with van der Waals surface area (Å²) in [5, 5.41) is 11.8. The number of hydrogen-bond donors (Lipinski definition) is 0. The molecule has 0 spiro atoms. The summed E-state index contributed by atoms with van der Waals surface area (Å²) in [5.41, 5.74) is 27.1. The van der Waals surface area contributed by atoms with Crippen LogP contribution < -0.4 is 28.0 Å². The van der Waals surface area contributed by atoms with Gasteiger partial charge in [0.1, 0.15) is 50.0 Å². The summed E-state index contributed by atoms with van der Waals surface area (Å²) < 4.78 is 24.4. The molecule has 13 heteroatoms. The summed E-state index contributed by atoms with van der Waals surface area (Å²) >= 11 is 0. The zero-order chi connectivity index (χ0) is 113. The number of benzene rings is 11.